The molecule has 0 bridgehead atoms. The minimum Gasteiger partial charge on any atom is -0.393 e. The molecule has 0 aromatic heterocycles. The van der Waals surface area contributed by atoms with Crippen LogP contribution in [-0.2, 0) is 0 Å². The minimum absolute atomic E-state index is 0.0778. The Morgan fingerprint density at radius 3 is 2.68 bits per heavy atom. The fraction of sp³-hybridized carbons (Fsp3) is 0.950. The first kappa shape index (κ1) is 20.5. The third kappa shape index (κ3) is 8.41. The molecule has 146 valence electrons. The Hall–Kier alpha value is -0.810. The van der Waals surface area contributed by atoms with Gasteiger partial charge in [-0.05, 0) is 57.4 Å². The molecule has 1 aliphatic heterocycles. The van der Waals surface area contributed by atoms with Crippen molar-refractivity contribution in [1.82, 2.24) is 15.5 Å². The second-order valence-electron chi connectivity index (χ2n) is 8.04. The Balaban J connectivity index is 1.60. The van der Waals surface area contributed by atoms with Crippen molar-refractivity contribution in [2.24, 2.45) is 16.8 Å². The number of rotatable bonds is 8. The summed E-state index contributed by atoms with van der Waals surface area (Å²) in [6.07, 6.45) is 9.77. The number of aliphatic hydroxyl groups is 1. The van der Waals surface area contributed by atoms with E-state index in [-0.39, 0.29) is 6.10 Å². The molecule has 0 radical (unpaired) electrons. The second-order valence-corrected chi connectivity index (χ2v) is 8.04. The van der Waals surface area contributed by atoms with Crippen LogP contribution >= 0.6 is 0 Å². The van der Waals surface area contributed by atoms with E-state index in [1.54, 1.807) is 0 Å². The van der Waals surface area contributed by atoms with E-state index in [1.165, 1.54) is 32.1 Å². The van der Waals surface area contributed by atoms with Gasteiger partial charge in [0.15, 0.2) is 5.96 Å². The maximum Gasteiger partial charge on any atom is 0.191 e. The highest BCUT2D eigenvalue weighted by Crippen LogP contribution is 2.30. The van der Waals surface area contributed by atoms with E-state index in [4.69, 9.17) is 4.99 Å². The molecule has 2 fully saturated rings. The highest BCUT2D eigenvalue weighted by Gasteiger charge is 2.18. The van der Waals surface area contributed by atoms with Crippen molar-refractivity contribution in [3.05, 3.63) is 0 Å². The van der Waals surface area contributed by atoms with Gasteiger partial charge in [0.05, 0.1) is 6.10 Å². The molecule has 25 heavy (non-hydrogen) atoms. The van der Waals surface area contributed by atoms with E-state index in [9.17, 15) is 5.11 Å². The molecular formula is C20H40N4O. The van der Waals surface area contributed by atoms with Crippen molar-refractivity contribution in [2.45, 2.75) is 71.3 Å². The van der Waals surface area contributed by atoms with Crippen LogP contribution in [0.4, 0.5) is 0 Å². The summed E-state index contributed by atoms with van der Waals surface area (Å²) in [7, 11) is 0. The van der Waals surface area contributed by atoms with Gasteiger partial charge >= 0.3 is 0 Å². The van der Waals surface area contributed by atoms with Gasteiger partial charge in [-0.1, -0.05) is 26.2 Å². The number of aliphatic imine (C=N–C) groups is 1. The van der Waals surface area contributed by atoms with Gasteiger partial charge in [-0.3, -0.25) is 4.99 Å². The van der Waals surface area contributed by atoms with E-state index in [1.807, 2.05) is 0 Å². The Morgan fingerprint density at radius 1 is 1.16 bits per heavy atom. The average molecular weight is 353 g/mol. The van der Waals surface area contributed by atoms with E-state index in [0.717, 1.165) is 76.3 Å². The third-order valence-electron chi connectivity index (χ3n) is 5.69. The first-order valence-corrected chi connectivity index (χ1v) is 10.6. The lowest BCUT2D eigenvalue weighted by Gasteiger charge is -2.29. The summed E-state index contributed by atoms with van der Waals surface area (Å²) in [5, 5.41) is 16.4. The first-order chi connectivity index (χ1) is 12.2. The summed E-state index contributed by atoms with van der Waals surface area (Å²) in [4.78, 5) is 7.18. The Kier molecular flexibility index (Phi) is 9.63. The molecule has 2 atom stereocenters. The minimum atomic E-state index is -0.0778. The lowest BCUT2D eigenvalue weighted by molar-refractivity contribution is 0.0824. The summed E-state index contributed by atoms with van der Waals surface area (Å²) in [5.41, 5.74) is 0. The number of guanidine groups is 1. The first-order valence-electron chi connectivity index (χ1n) is 10.6. The van der Waals surface area contributed by atoms with Crippen LogP contribution in [0.3, 0.4) is 0 Å². The average Bonchev–Trinajstić information content (AvgIpc) is 2.60. The summed E-state index contributed by atoms with van der Waals surface area (Å²) in [6.45, 7) is 10.5. The van der Waals surface area contributed by atoms with E-state index < -0.39 is 0 Å². The molecule has 0 spiro atoms. The monoisotopic (exact) mass is 352 g/mol. The molecular weight excluding hydrogens is 312 g/mol. The van der Waals surface area contributed by atoms with Gasteiger partial charge in [0.2, 0.25) is 0 Å². The number of likely N-dealkylation sites (tertiary alicyclic amines) is 1. The number of piperidine rings is 1. The molecule has 0 aromatic rings. The highest BCUT2D eigenvalue weighted by molar-refractivity contribution is 5.79. The van der Waals surface area contributed by atoms with Crippen LogP contribution in [0.1, 0.15) is 65.2 Å². The predicted molar refractivity (Wildman–Crippen MR) is 106 cm³/mol. The van der Waals surface area contributed by atoms with Crippen LogP contribution in [0, 0.1) is 11.8 Å². The molecule has 2 unspecified atom stereocenters. The van der Waals surface area contributed by atoms with E-state index in [0.29, 0.717) is 0 Å². The van der Waals surface area contributed by atoms with Crippen molar-refractivity contribution in [3.8, 4) is 0 Å². The molecule has 1 saturated heterocycles. The third-order valence-corrected chi connectivity index (χ3v) is 5.69. The maximum atomic E-state index is 9.56. The number of nitrogens with one attached hydrogen (secondary N) is 2. The largest absolute Gasteiger partial charge is 0.393 e. The Labute approximate surface area is 154 Å². The summed E-state index contributed by atoms with van der Waals surface area (Å²) in [6, 6.07) is 0. The van der Waals surface area contributed by atoms with Crippen molar-refractivity contribution in [1.29, 1.82) is 0 Å². The Morgan fingerprint density at radius 2 is 1.96 bits per heavy atom. The number of hydrogen-bond donors (Lipinski definition) is 3. The smallest absolute Gasteiger partial charge is 0.191 e. The van der Waals surface area contributed by atoms with Crippen molar-refractivity contribution >= 4 is 5.96 Å². The molecule has 5 heteroatoms. The topological polar surface area (TPSA) is 59.9 Å². The molecule has 2 rings (SSSR count). The fourth-order valence-corrected chi connectivity index (χ4v) is 4.19. The zero-order chi connectivity index (χ0) is 17.9. The zero-order valence-electron chi connectivity index (χ0n) is 16.5. The van der Waals surface area contributed by atoms with Gasteiger partial charge in [0.25, 0.3) is 0 Å². The predicted octanol–water partition coefficient (Wildman–Crippen LogP) is 2.60. The standard InChI is InChI=1S/C20H40N4O/c1-3-21-20(23-12-8-18-7-4-6-17(2)16-18)22-11-5-13-24-14-9-19(25)10-15-24/h17-19,25H,3-16H2,1-2H3,(H2,21,22,23). The summed E-state index contributed by atoms with van der Waals surface area (Å²) in [5.74, 6) is 2.78. The molecule has 3 N–H and O–H groups in total. The lowest BCUT2D eigenvalue weighted by atomic mass is 9.81. The number of hydrogen-bond acceptors (Lipinski definition) is 3. The van der Waals surface area contributed by atoms with Gasteiger partial charge < -0.3 is 20.6 Å². The molecule has 0 amide bonds. The van der Waals surface area contributed by atoms with Gasteiger partial charge in [0.1, 0.15) is 0 Å². The van der Waals surface area contributed by atoms with Crippen LogP contribution < -0.4 is 10.6 Å². The summed E-state index contributed by atoms with van der Waals surface area (Å²) < 4.78 is 0. The highest BCUT2D eigenvalue weighted by atomic mass is 16.3. The van der Waals surface area contributed by atoms with Crippen LogP contribution in [0.15, 0.2) is 4.99 Å². The lowest BCUT2D eigenvalue weighted by Crippen LogP contribution is -2.39. The molecule has 1 aliphatic carbocycles. The normalized spacial score (nSPS) is 26.6. The van der Waals surface area contributed by atoms with Gasteiger partial charge in [-0.25, -0.2) is 0 Å². The SMILES string of the molecule is CCNC(=NCCCN1CCC(O)CC1)NCCC1CCCC(C)C1. The number of nitrogens with zero attached hydrogens (tertiary/aromatic N) is 2. The van der Waals surface area contributed by atoms with Gasteiger partial charge in [0, 0.05) is 32.7 Å². The van der Waals surface area contributed by atoms with Crippen LogP contribution in [0.2, 0.25) is 0 Å². The van der Waals surface area contributed by atoms with Gasteiger partial charge in [-0.2, -0.15) is 0 Å². The second kappa shape index (κ2) is 11.7. The molecule has 0 aromatic carbocycles. The van der Waals surface area contributed by atoms with E-state index >= 15 is 0 Å². The molecule has 2 aliphatic rings. The van der Waals surface area contributed by atoms with Crippen LogP contribution in [-0.4, -0.2) is 61.3 Å². The zero-order valence-corrected chi connectivity index (χ0v) is 16.5. The fourth-order valence-electron chi connectivity index (χ4n) is 4.19. The van der Waals surface area contributed by atoms with Gasteiger partial charge in [-0.15, -0.1) is 0 Å². The van der Waals surface area contributed by atoms with Crippen molar-refractivity contribution < 1.29 is 5.11 Å². The molecule has 1 heterocycles. The van der Waals surface area contributed by atoms with E-state index in [2.05, 4.69) is 29.4 Å². The number of aliphatic hydroxyl groups excluding tert-OH is 1. The van der Waals surface area contributed by atoms with Crippen molar-refractivity contribution in [3.63, 3.8) is 0 Å². The van der Waals surface area contributed by atoms with Crippen LogP contribution in [0.5, 0.6) is 0 Å². The van der Waals surface area contributed by atoms with Crippen molar-refractivity contribution in [2.75, 3.05) is 39.3 Å². The van der Waals surface area contributed by atoms with Crippen LogP contribution in [0.25, 0.3) is 0 Å². The maximum absolute atomic E-state index is 9.56. The Bertz CT molecular complexity index is 380. The summed E-state index contributed by atoms with van der Waals surface area (Å²) >= 11 is 0. The molecule has 1 saturated carbocycles. The molecule has 5 nitrogen and oxygen atoms in total. The quantitative estimate of drug-likeness (QED) is 0.357.